The average Bonchev–Trinajstić information content (AvgIpc) is 2.65. The van der Waals surface area contributed by atoms with E-state index in [1.807, 2.05) is 25.1 Å². The zero-order valence-electron chi connectivity index (χ0n) is 9.99. The van der Waals surface area contributed by atoms with Gasteiger partial charge in [0.25, 0.3) is 0 Å². The van der Waals surface area contributed by atoms with Gasteiger partial charge in [0.1, 0.15) is 5.75 Å². The Bertz CT molecular complexity index is 614. The molecular weight excluding hydrogens is 212 g/mol. The summed E-state index contributed by atoms with van der Waals surface area (Å²) >= 11 is 0. The Morgan fingerprint density at radius 1 is 1.24 bits per heavy atom. The fourth-order valence-electron chi connectivity index (χ4n) is 2.61. The molecule has 0 spiro atoms. The fraction of sp³-hybridized carbons (Fsp3) is 0.267. The van der Waals surface area contributed by atoms with Crippen molar-refractivity contribution in [2.45, 2.75) is 13.3 Å². The van der Waals surface area contributed by atoms with Crippen LogP contribution in [0.3, 0.4) is 0 Å². The molecule has 0 aliphatic heterocycles. The summed E-state index contributed by atoms with van der Waals surface area (Å²) in [5, 5.41) is 2.13. The van der Waals surface area contributed by atoms with Crippen LogP contribution < -0.4 is 4.74 Å². The highest BCUT2D eigenvalue weighted by atomic mass is 16.5. The summed E-state index contributed by atoms with van der Waals surface area (Å²) in [7, 11) is 1.65. The van der Waals surface area contributed by atoms with Crippen LogP contribution in [0.5, 0.6) is 5.75 Å². The van der Waals surface area contributed by atoms with E-state index in [0.717, 1.165) is 28.5 Å². The number of hydrogen-bond donors (Lipinski definition) is 0. The van der Waals surface area contributed by atoms with Crippen molar-refractivity contribution in [2.24, 2.45) is 5.92 Å². The lowest BCUT2D eigenvalue weighted by molar-refractivity contribution is 0.0947. The van der Waals surface area contributed by atoms with E-state index in [0.29, 0.717) is 0 Å². The van der Waals surface area contributed by atoms with Gasteiger partial charge in [0.2, 0.25) is 0 Å². The zero-order valence-corrected chi connectivity index (χ0v) is 9.99. The highest BCUT2D eigenvalue weighted by Crippen LogP contribution is 2.34. The second-order valence-electron chi connectivity index (χ2n) is 4.66. The summed E-state index contributed by atoms with van der Waals surface area (Å²) in [5.41, 5.74) is 2.10. The highest BCUT2D eigenvalue weighted by molar-refractivity contribution is 6.12. The van der Waals surface area contributed by atoms with Crippen LogP contribution in [0.25, 0.3) is 10.8 Å². The van der Waals surface area contributed by atoms with Crippen LogP contribution in [0, 0.1) is 5.92 Å². The molecule has 0 amide bonds. The van der Waals surface area contributed by atoms with Crippen LogP contribution in [0.2, 0.25) is 0 Å². The van der Waals surface area contributed by atoms with Gasteiger partial charge < -0.3 is 4.74 Å². The van der Waals surface area contributed by atoms with Crippen molar-refractivity contribution in [3.63, 3.8) is 0 Å². The molecule has 0 N–H and O–H groups in total. The molecule has 1 unspecified atom stereocenters. The smallest absolute Gasteiger partial charge is 0.166 e. The molecule has 17 heavy (non-hydrogen) atoms. The number of carbonyl (C=O) groups excluding carboxylic acids is 1. The van der Waals surface area contributed by atoms with E-state index >= 15 is 0 Å². The van der Waals surface area contributed by atoms with Crippen LogP contribution in [-0.4, -0.2) is 12.9 Å². The normalized spacial score (nSPS) is 18.5. The summed E-state index contributed by atoms with van der Waals surface area (Å²) in [6.45, 7) is 2.00. The first-order chi connectivity index (χ1) is 8.20. The summed E-state index contributed by atoms with van der Waals surface area (Å²) in [6, 6.07) is 10.0. The Morgan fingerprint density at radius 2 is 2.06 bits per heavy atom. The van der Waals surface area contributed by atoms with Crippen molar-refractivity contribution in [1.82, 2.24) is 0 Å². The molecule has 0 fully saturated rings. The first-order valence-electron chi connectivity index (χ1n) is 5.84. The lowest BCUT2D eigenvalue weighted by atomic mass is 10.00. The maximum Gasteiger partial charge on any atom is 0.166 e. The minimum absolute atomic E-state index is 0.123. The van der Waals surface area contributed by atoms with Gasteiger partial charge in [-0.1, -0.05) is 19.1 Å². The zero-order chi connectivity index (χ0) is 12.0. The molecule has 86 valence electrons. The lowest BCUT2D eigenvalue weighted by Crippen LogP contribution is -2.03. The first-order valence-corrected chi connectivity index (χ1v) is 5.84. The van der Waals surface area contributed by atoms with E-state index in [1.54, 1.807) is 7.11 Å². The molecule has 0 radical (unpaired) electrons. The van der Waals surface area contributed by atoms with Crippen molar-refractivity contribution in [3.8, 4) is 5.75 Å². The van der Waals surface area contributed by atoms with E-state index in [4.69, 9.17) is 4.74 Å². The van der Waals surface area contributed by atoms with Crippen molar-refractivity contribution in [2.75, 3.05) is 7.11 Å². The Balaban J connectivity index is 2.30. The third-order valence-electron chi connectivity index (χ3n) is 3.53. The summed E-state index contributed by atoms with van der Waals surface area (Å²) < 4.78 is 5.20. The second kappa shape index (κ2) is 3.59. The molecule has 2 nitrogen and oxygen atoms in total. The van der Waals surface area contributed by atoms with Gasteiger partial charge in [-0.3, -0.25) is 4.79 Å². The van der Waals surface area contributed by atoms with Crippen LogP contribution in [0.4, 0.5) is 0 Å². The molecule has 2 aromatic rings. The third kappa shape index (κ3) is 1.44. The van der Waals surface area contributed by atoms with E-state index in [2.05, 4.69) is 12.1 Å². The molecule has 0 saturated heterocycles. The standard InChI is InChI=1S/C15H14O2/c1-9-7-11-4-3-10-8-12(17-2)5-6-13(10)14(11)15(9)16/h3-6,8-9H,7H2,1-2H3. The van der Waals surface area contributed by atoms with Gasteiger partial charge in [-0.25, -0.2) is 0 Å². The largest absolute Gasteiger partial charge is 0.497 e. The number of fused-ring (bicyclic) bond motifs is 3. The number of ketones is 1. The van der Waals surface area contributed by atoms with E-state index in [1.165, 1.54) is 5.56 Å². The molecule has 0 heterocycles. The molecule has 1 atom stereocenters. The molecular formula is C15H14O2. The highest BCUT2D eigenvalue weighted by Gasteiger charge is 2.28. The molecule has 0 bridgehead atoms. The Morgan fingerprint density at radius 3 is 2.82 bits per heavy atom. The number of carbonyl (C=O) groups is 1. The van der Waals surface area contributed by atoms with Crippen LogP contribution >= 0.6 is 0 Å². The monoisotopic (exact) mass is 226 g/mol. The van der Waals surface area contributed by atoms with Crippen molar-refractivity contribution >= 4 is 16.6 Å². The maximum absolute atomic E-state index is 12.1. The Labute approximate surface area is 100 Å². The molecule has 0 aromatic heterocycles. The Hall–Kier alpha value is -1.83. The predicted octanol–water partition coefficient (Wildman–Crippen LogP) is 3.22. The van der Waals surface area contributed by atoms with Crippen molar-refractivity contribution in [3.05, 3.63) is 41.5 Å². The van der Waals surface area contributed by atoms with E-state index in [9.17, 15) is 4.79 Å². The van der Waals surface area contributed by atoms with Gasteiger partial charge in [-0.2, -0.15) is 0 Å². The van der Waals surface area contributed by atoms with Gasteiger partial charge in [-0.05, 0) is 41.0 Å². The van der Waals surface area contributed by atoms with Gasteiger partial charge in [0.05, 0.1) is 7.11 Å². The van der Waals surface area contributed by atoms with Gasteiger partial charge >= 0.3 is 0 Å². The van der Waals surface area contributed by atoms with Crippen LogP contribution in [-0.2, 0) is 6.42 Å². The van der Waals surface area contributed by atoms with E-state index < -0.39 is 0 Å². The maximum atomic E-state index is 12.1. The Kier molecular flexibility index (Phi) is 2.18. The van der Waals surface area contributed by atoms with Gasteiger partial charge in [0, 0.05) is 11.5 Å². The van der Waals surface area contributed by atoms with Crippen LogP contribution in [0.1, 0.15) is 22.8 Å². The lowest BCUT2D eigenvalue weighted by Gasteiger charge is -2.06. The first kappa shape index (κ1) is 10.3. The minimum atomic E-state index is 0.123. The molecule has 3 rings (SSSR count). The molecule has 0 saturated carbocycles. The fourth-order valence-corrected chi connectivity index (χ4v) is 2.61. The predicted molar refractivity (Wildman–Crippen MR) is 67.7 cm³/mol. The summed E-state index contributed by atoms with van der Waals surface area (Å²) in [6.07, 6.45) is 0.871. The molecule has 2 heteroatoms. The second-order valence-corrected chi connectivity index (χ2v) is 4.66. The topological polar surface area (TPSA) is 26.3 Å². The SMILES string of the molecule is COc1ccc2c3c(ccc2c1)CC(C)C3=O. The number of Topliss-reactive ketones (excluding diaryl/α,β-unsaturated/α-hetero) is 1. The molecule has 1 aliphatic carbocycles. The minimum Gasteiger partial charge on any atom is -0.497 e. The van der Waals surface area contributed by atoms with E-state index in [-0.39, 0.29) is 11.7 Å². The molecule has 1 aliphatic rings. The van der Waals surface area contributed by atoms with Crippen molar-refractivity contribution in [1.29, 1.82) is 0 Å². The number of hydrogen-bond acceptors (Lipinski definition) is 2. The van der Waals surface area contributed by atoms with Crippen LogP contribution in [0.15, 0.2) is 30.3 Å². The average molecular weight is 226 g/mol. The molecule has 2 aromatic carbocycles. The van der Waals surface area contributed by atoms with Crippen molar-refractivity contribution < 1.29 is 9.53 Å². The number of methoxy groups -OCH3 is 1. The summed E-state index contributed by atoms with van der Waals surface area (Å²) in [4.78, 5) is 12.1. The summed E-state index contributed by atoms with van der Waals surface area (Å²) in [5.74, 6) is 1.23. The quantitative estimate of drug-likeness (QED) is 0.746. The number of ether oxygens (including phenoxy) is 1. The number of rotatable bonds is 1. The van der Waals surface area contributed by atoms with Gasteiger partial charge in [-0.15, -0.1) is 0 Å². The number of benzene rings is 2. The third-order valence-corrected chi connectivity index (χ3v) is 3.53. The van der Waals surface area contributed by atoms with Gasteiger partial charge in [0.15, 0.2) is 5.78 Å².